The molecule has 0 fully saturated rings. The average molecular weight is 312 g/mol. The van der Waals surface area contributed by atoms with Crippen LogP contribution >= 0.6 is 0 Å². The van der Waals surface area contributed by atoms with Crippen molar-refractivity contribution in [1.29, 1.82) is 0 Å². The highest BCUT2D eigenvalue weighted by Crippen LogP contribution is 2.26. The molecule has 4 nitrogen and oxygen atoms in total. The summed E-state index contributed by atoms with van der Waals surface area (Å²) in [5, 5.41) is 6.37. The van der Waals surface area contributed by atoms with Gasteiger partial charge in [0.2, 0.25) is 5.91 Å². The fourth-order valence-electron chi connectivity index (χ4n) is 2.58. The van der Waals surface area contributed by atoms with Gasteiger partial charge in [0, 0.05) is 19.5 Å². The molecule has 2 aromatic rings. The van der Waals surface area contributed by atoms with Crippen molar-refractivity contribution in [3.8, 4) is 5.75 Å². The van der Waals surface area contributed by atoms with Crippen LogP contribution < -0.4 is 15.4 Å². The van der Waals surface area contributed by atoms with Gasteiger partial charge in [-0.05, 0) is 29.7 Å². The van der Waals surface area contributed by atoms with Gasteiger partial charge in [-0.3, -0.25) is 4.79 Å². The Morgan fingerprint density at radius 2 is 1.91 bits per heavy atom. The molecule has 0 heterocycles. The van der Waals surface area contributed by atoms with E-state index in [0.29, 0.717) is 17.5 Å². The molecule has 2 rings (SSSR count). The number of ether oxygens (including phenoxy) is 1. The van der Waals surface area contributed by atoms with E-state index in [1.54, 1.807) is 7.11 Å². The largest absolute Gasteiger partial charge is 0.495 e. The van der Waals surface area contributed by atoms with Crippen molar-refractivity contribution in [3.63, 3.8) is 0 Å². The molecule has 1 unspecified atom stereocenters. The smallest absolute Gasteiger partial charge is 0.221 e. The third kappa shape index (κ3) is 4.83. The van der Waals surface area contributed by atoms with Crippen LogP contribution in [0.3, 0.4) is 0 Å². The molecule has 0 bridgehead atoms. The first kappa shape index (κ1) is 17.0. The number of carbonyl (C=O) groups excluding carboxylic acids is 1. The van der Waals surface area contributed by atoms with E-state index in [1.165, 1.54) is 12.5 Å². The van der Waals surface area contributed by atoms with Crippen LogP contribution in [0.15, 0.2) is 48.5 Å². The summed E-state index contributed by atoms with van der Waals surface area (Å²) in [6.07, 6.45) is 1.01. The maximum absolute atomic E-state index is 11.3. The molecule has 122 valence electrons. The Hall–Kier alpha value is -2.33. The Kier molecular flexibility index (Phi) is 6.18. The van der Waals surface area contributed by atoms with E-state index in [1.807, 2.05) is 24.3 Å². The summed E-state index contributed by atoms with van der Waals surface area (Å²) in [5.74, 6) is 0.559. The second kappa shape index (κ2) is 8.34. The number of methoxy groups -OCH3 is 1. The Labute approximate surface area is 137 Å². The van der Waals surface area contributed by atoms with Gasteiger partial charge in [0.1, 0.15) is 5.75 Å². The summed E-state index contributed by atoms with van der Waals surface area (Å²) >= 11 is 0. The molecule has 1 amide bonds. The van der Waals surface area contributed by atoms with Gasteiger partial charge in [0.05, 0.1) is 12.8 Å². The second-order valence-corrected chi connectivity index (χ2v) is 5.47. The lowest BCUT2D eigenvalue weighted by atomic mass is 10.0. The predicted octanol–water partition coefficient (Wildman–Crippen LogP) is 3.89. The highest BCUT2D eigenvalue weighted by atomic mass is 16.5. The predicted molar refractivity (Wildman–Crippen MR) is 93.6 cm³/mol. The number of carbonyl (C=O) groups is 1. The zero-order valence-corrected chi connectivity index (χ0v) is 13.9. The van der Waals surface area contributed by atoms with Crippen molar-refractivity contribution in [2.75, 3.05) is 12.4 Å². The van der Waals surface area contributed by atoms with Gasteiger partial charge in [0.15, 0.2) is 0 Å². The SMILES string of the molecule is CCC(NCc1ccc(OC)c(NC(C)=O)c1)c1ccccc1. The first-order chi connectivity index (χ1) is 11.1. The second-order valence-electron chi connectivity index (χ2n) is 5.47. The molecule has 2 N–H and O–H groups in total. The van der Waals surface area contributed by atoms with Crippen molar-refractivity contribution < 1.29 is 9.53 Å². The number of rotatable bonds is 7. The van der Waals surface area contributed by atoms with Gasteiger partial charge in [-0.1, -0.05) is 43.3 Å². The molecule has 23 heavy (non-hydrogen) atoms. The number of hydrogen-bond acceptors (Lipinski definition) is 3. The molecule has 4 heteroatoms. The summed E-state index contributed by atoms with van der Waals surface area (Å²) in [4.78, 5) is 11.3. The van der Waals surface area contributed by atoms with Crippen LogP contribution in [-0.2, 0) is 11.3 Å². The Balaban J connectivity index is 2.09. The van der Waals surface area contributed by atoms with Crippen molar-refractivity contribution in [3.05, 3.63) is 59.7 Å². The minimum absolute atomic E-state index is 0.107. The van der Waals surface area contributed by atoms with Crippen LogP contribution in [0, 0.1) is 0 Å². The highest BCUT2D eigenvalue weighted by molar-refractivity contribution is 5.90. The lowest BCUT2D eigenvalue weighted by Crippen LogP contribution is -2.20. The standard InChI is InChI=1S/C19H24N2O2/c1-4-17(16-8-6-5-7-9-16)20-13-15-10-11-19(23-3)18(12-15)21-14(2)22/h5-12,17,20H,4,13H2,1-3H3,(H,21,22). The van der Waals surface area contributed by atoms with Crippen molar-refractivity contribution in [2.45, 2.75) is 32.9 Å². The first-order valence-corrected chi connectivity index (χ1v) is 7.87. The van der Waals surface area contributed by atoms with Crippen molar-refractivity contribution in [1.82, 2.24) is 5.32 Å². The van der Waals surface area contributed by atoms with Crippen LogP contribution in [0.2, 0.25) is 0 Å². The van der Waals surface area contributed by atoms with E-state index in [0.717, 1.165) is 18.5 Å². The van der Waals surface area contributed by atoms with E-state index >= 15 is 0 Å². The molecule has 0 saturated carbocycles. The maximum atomic E-state index is 11.3. The molecular formula is C19H24N2O2. The van der Waals surface area contributed by atoms with Crippen LogP contribution in [-0.4, -0.2) is 13.0 Å². The Bertz CT molecular complexity index is 641. The van der Waals surface area contributed by atoms with Crippen molar-refractivity contribution >= 4 is 11.6 Å². The monoisotopic (exact) mass is 312 g/mol. The zero-order chi connectivity index (χ0) is 16.7. The number of hydrogen-bond donors (Lipinski definition) is 2. The third-order valence-corrected chi connectivity index (χ3v) is 3.74. The maximum Gasteiger partial charge on any atom is 0.221 e. The van der Waals surface area contributed by atoms with Gasteiger partial charge < -0.3 is 15.4 Å². The molecule has 0 spiro atoms. The van der Waals surface area contributed by atoms with E-state index in [-0.39, 0.29) is 5.91 Å². The fourth-order valence-corrected chi connectivity index (χ4v) is 2.58. The number of benzene rings is 2. The number of nitrogens with one attached hydrogen (secondary N) is 2. The Morgan fingerprint density at radius 1 is 1.17 bits per heavy atom. The minimum atomic E-state index is -0.107. The molecule has 0 saturated heterocycles. The molecule has 0 aliphatic carbocycles. The Morgan fingerprint density at radius 3 is 2.52 bits per heavy atom. The number of amides is 1. The summed E-state index contributed by atoms with van der Waals surface area (Å²) in [5.41, 5.74) is 3.08. The van der Waals surface area contributed by atoms with E-state index in [4.69, 9.17) is 4.74 Å². The molecule has 0 aliphatic heterocycles. The zero-order valence-electron chi connectivity index (χ0n) is 13.9. The molecule has 0 aliphatic rings. The van der Waals surface area contributed by atoms with Gasteiger partial charge >= 0.3 is 0 Å². The topological polar surface area (TPSA) is 50.4 Å². The van der Waals surface area contributed by atoms with E-state index in [9.17, 15) is 4.79 Å². The van der Waals surface area contributed by atoms with Crippen LogP contribution in [0.4, 0.5) is 5.69 Å². The minimum Gasteiger partial charge on any atom is -0.495 e. The lowest BCUT2D eigenvalue weighted by molar-refractivity contribution is -0.114. The summed E-state index contributed by atoms with van der Waals surface area (Å²) in [7, 11) is 1.60. The van der Waals surface area contributed by atoms with Gasteiger partial charge in [-0.25, -0.2) is 0 Å². The van der Waals surface area contributed by atoms with Crippen LogP contribution in [0.25, 0.3) is 0 Å². The van der Waals surface area contributed by atoms with Gasteiger partial charge in [-0.15, -0.1) is 0 Å². The molecule has 0 aromatic heterocycles. The van der Waals surface area contributed by atoms with Gasteiger partial charge in [-0.2, -0.15) is 0 Å². The molecule has 0 radical (unpaired) electrons. The summed E-state index contributed by atoms with van der Waals surface area (Å²) in [6.45, 7) is 4.39. The van der Waals surface area contributed by atoms with Crippen molar-refractivity contribution in [2.24, 2.45) is 0 Å². The molecular weight excluding hydrogens is 288 g/mol. The lowest BCUT2D eigenvalue weighted by Gasteiger charge is -2.18. The molecule has 1 atom stereocenters. The van der Waals surface area contributed by atoms with Crippen LogP contribution in [0.5, 0.6) is 5.75 Å². The summed E-state index contributed by atoms with van der Waals surface area (Å²) < 4.78 is 5.28. The highest BCUT2D eigenvalue weighted by Gasteiger charge is 2.10. The normalized spacial score (nSPS) is 11.8. The average Bonchev–Trinajstić information content (AvgIpc) is 2.56. The fraction of sp³-hybridized carbons (Fsp3) is 0.316. The first-order valence-electron chi connectivity index (χ1n) is 7.87. The number of anilines is 1. The molecule has 2 aromatic carbocycles. The van der Waals surface area contributed by atoms with Gasteiger partial charge in [0.25, 0.3) is 0 Å². The summed E-state index contributed by atoms with van der Waals surface area (Å²) in [6, 6.07) is 16.6. The van der Waals surface area contributed by atoms with Crippen LogP contribution in [0.1, 0.15) is 37.4 Å². The quantitative estimate of drug-likeness (QED) is 0.815. The van der Waals surface area contributed by atoms with E-state index < -0.39 is 0 Å². The van der Waals surface area contributed by atoms with E-state index in [2.05, 4.69) is 41.8 Å². The third-order valence-electron chi connectivity index (χ3n) is 3.74.